The third-order valence-electron chi connectivity index (χ3n) is 4.19. The summed E-state index contributed by atoms with van der Waals surface area (Å²) in [7, 11) is 1.31. The van der Waals surface area contributed by atoms with Crippen molar-refractivity contribution in [3.63, 3.8) is 0 Å². The van der Waals surface area contributed by atoms with Crippen molar-refractivity contribution >= 4 is 12.1 Å². The van der Waals surface area contributed by atoms with E-state index in [1.165, 1.54) is 7.11 Å². The summed E-state index contributed by atoms with van der Waals surface area (Å²) in [6.07, 6.45) is 1.53. The molecule has 2 aliphatic rings. The minimum atomic E-state index is -0.782. The fraction of sp³-hybridized carbons (Fsp3) is 0.867. The van der Waals surface area contributed by atoms with Gasteiger partial charge in [0.1, 0.15) is 11.6 Å². The highest BCUT2D eigenvalue weighted by atomic mass is 16.6. The monoisotopic (exact) mass is 314 g/mol. The number of nitrogens with zero attached hydrogens (tertiary/aromatic N) is 1. The molecule has 2 bridgehead atoms. The lowest BCUT2D eigenvalue weighted by atomic mass is 9.89. The molecule has 2 heterocycles. The minimum absolute atomic E-state index is 0.0200. The van der Waals surface area contributed by atoms with E-state index < -0.39 is 23.2 Å². The molecule has 3 unspecified atom stereocenters. The van der Waals surface area contributed by atoms with Crippen molar-refractivity contribution in [2.45, 2.75) is 63.3 Å². The smallest absolute Gasteiger partial charge is 0.411 e. The number of fused-ring (bicyclic) bond motifs is 2. The van der Waals surface area contributed by atoms with Crippen molar-refractivity contribution in [1.82, 2.24) is 4.90 Å². The lowest BCUT2D eigenvalue weighted by molar-refractivity contribution is -0.144. The van der Waals surface area contributed by atoms with Gasteiger partial charge in [-0.1, -0.05) is 0 Å². The van der Waals surface area contributed by atoms with Crippen LogP contribution in [0, 0.1) is 0 Å². The Morgan fingerprint density at radius 1 is 1.45 bits per heavy atom. The summed E-state index contributed by atoms with van der Waals surface area (Å²) in [5, 5.41) is 0. The van der Waals surface area contributed by atoms with E-state index in [-0.39, 0.29) is 12.1 Å². The number of carbonyl (C=O) groups is 2. The van der Waals surface area contributed by atoms with Crippen LogP contribution in [0.3, 0.4) is 0 Å². The normalized spacial score (nSPS) is 29.1. The van der Waals surface area contributed by atoms with Gasteiger partial charge in [-0.15, -0.1) is 0 Å². The molecule has 2 N–H and O–H groups in total. The number of nitrogens with two attached hydrogens (primary N) is 1. The lowest BCUT2D eigenvalue weighted by Gasteiger charge is -2.45. The van der Waals surface area contributed by atoms with Gasteiger partial charge < -0.3 is 19.9 Å². The lowest BCUT2D eigenvalue weighted by Crippen LogP contribution is -2.61. The van der Waals surface area contributed by atoms with E-state index in [0.29, 0.717) is 19.6 Å². The second-order valence-electron chi connectivity index (χ2n) is 7.12. The first-order valence-corrected chi connectivity index (χ1v) is 7.62. The summed E-state index contributed by atoms with van der Waals surface area (Å²) < 4.78 is 15.8. The summed E-state index contributed by atoms with van der Waals surface area (Å²) in [6, 6.07) is -0.802. The molecule has 2 rings (SSSR count). The van der Waals surface area contributed by atoms with Gasteiger partial charge in [0.05, 0.1) is 31.9 Å². The van der Waals surface area contributed by atoms with Gasteiger partial charge in [0.2, 0.25) is 0 Å². The standard InChI is InChI=1S/C15H26N2O5/c1-14(2,3)22-13(19)17-10-5-6-15(17,9-21-8-10)7-11(16)12(18)20-4/h10-11H,5-9,16H2,1-4H3. The van der Waals surface area contributed by atoms with E-state index in [1.807, 2.05) is 20.8 Å². The van der Waals surface area contributed by atoms with Crippen LogP contribution in [0.15, 0.2) is 0 Å². The fourth-order valence-corrected chi connectivity index (χ4v) is 3.31. The molecule has 7 heteroatoms. The Morgan fingerprint density at radius 3 is 2.73 bits per heavy atom. The first-order chi connectivity index (χ1) is 10.2. The molecule has 3 atom stereocenters. The SMILES string of the molecule is COC(=O)C(N)CC12CCC(COC1)N2C(=O)OC(C)(C)C. The van der Waals surface area contributed by atoms with Gasteiger partial charge in [-0.2, -0.15) is 0 Å². The van der Waals surface area contributed by atoms with Gasteiger partial charge >= 0.3 is 12.1 Å². The summed E-state index contributed by atoms with van der Waals surface area (Å²) in [5.74, 6) is -0.479. The Kier molecular flexibility index (Phi) is 4.67. The van der Waals surface area contributed by atoms with Crippen LogP contribution in [0.4, 0.5) is 4.79 Å². The third-order valence-corrected chi connectivity index (χ3v) is 4.19. The maximum Gasteiger partial charge on any atom is 0.411 e. The molecule has 2 aliphatic heterocycles. The van der Waals surface area contributed by atoms with Gasteiger partial charge in [0.25, 0.3) is 0 Å². The fourth-order valence-electron chi connectivity index (χ4n) is 3.31. The van der Waals surface area contributed by atoms with Crippen LogP contribution in [0.5, 0.6) is 0 Å². The van der Waals surface area contributed by atoms with Crippen molar-refractivity contribution in [3.8, 4) is 0 Å². The Labute approximate surface area is 131 Å². The molecule has 2 fully saturated rings. The van der Waals surface area contributed by atoms with Crippen molar-refractivity contribution in [1.29, 1.82) is 0 Å². The van der Waals surface area contributed by atoms with Gasteiger partial charge in [-0.05, 0) is 40.0 Å². The average Bonchev–Trinajstić information content (AvgIpc) is 2.63. The molecule has 2 saturated heterocycles. The van der Waals surface area contributed by atoms with Crippen LogP contribution in [-0.2, 0) is 19.0 Å². The second-order valence-corrected chi connectivity index (χ2v) is 7.12. The van der Waals surface area contributed by atoms with E-state index in [4.69, 9.17) is 19.9 Å². The molecule has 0 spiro atoms. The molecule has 7 nitrogen and oxygen atoms in total. The Balaban J connectivity index is 2.19. The second kappa shape index (κ2) is 6.04. The van der Waals surface area contributed by atoms with E-state index in [0.717, 1.165) is 12.8 Å². The molecule has 0 aromatic carbocycles. The number of morpholine rings is 1. The van der Waals surface area contributed by atoms with Gasteiger partial charge in [-0.25, -0.2) is 4.79 Å². The van der Waals surface area contributed by atoms with Crippen LogP contribution in [0.25, 0.3) is 0 Å². The van der Waals surface area contributed by atoms with Crippen LogP contribution in [-0.4, -0.2) is 60.5 Å². The number of rotatable bonds is 3. The summed E-state index contributed by atoms with van der Waals surface area (Å²) in [5.41, 5.74) is 4.77. The van der Waals surface area contributed by atoms with E-state index >= 15 is 0 Å². The number of hydrogen-bond acceptors (Lipinski definition) is 6. The maximum atomic E-state index is 12.6. The van der Waals surface area contributed by atoms with Crippen molar-refractivity contribution in [2.24, 2.45) is 5.73 Å². The molecule has 0 aromatic heterocycles. The van der Waals surface area contributed by atoms with Gasteiger partial charge in [0, 0.05) is 0 Å². The van der Waals surface area contributed by atoms with Gasteiger partial charge in [-0.3, -0.25) is 9.69 Å². The Hall–Kier alpha value is -1.34. The first-order valence-electron chi connectivity index (χ1n) is 7.62. The molecule has 0 radical (unpaired) electrons. The highest BCUT2D eigenvalue weighted by Gasteiger charge is 2.54. The predicted molar refractivity (Wildman–Crippen MR) is 79.3 cm³/mol. The number of methoxy groups -OCH3 is 1. The highest BCUT2D eigenvalue weighted by molar-refractivity contribution is 5.76. The minimum Gasteiger partial charge on any atom is -0.468 e. The molecule has 126 valence electrons. The number of amides is 1. The number of esters is 1. The van der Waals surface area contributed by atoms with Crippen molar-refractivity contribution < 1.29 is 23.8 Å². The van der Waals surface area contributed by atoms with Crippen molar-refractivity contribution in [3.05, 3.63) is 0 Å². The molecular formula is C15H26N2O5. The molecule has 0 aliphatic carbocycles. The van der Waals surface area contributed by atoms with E-state index in [1.54, 1.807) is 4.90 Å². The topological polar surface area (TPSA) is 91.1 Å². The van der Waals surface area contributed by atoms with Crippen LogP contribution in [0.2, 0.25) is 0 Å². The summed E-state index contributed by atoms with van der Waals surface area (Å²) in [6.45, 7) is 6.36. The number of carbonyl (C=O) groups excluding carboxylic acids is 2. The summed E-state index contributed by atoms with van der Waals surface area (Å²) >= 11 is 0. The molecule has 0 aromatic rings. The quantitative estimate of drug-likeness (QED) is 0.783. The van der Waals surface area contributed by atoms with Crippen LogP contribution < -0.4 is 5.73 Å². The molecule has 0 saturated carbocycles. The van der Waals surface area contributed by atoms with Crippen LogP contribution in [0.1, 0.15) is 40.0 Å². The largest absolute Gasteiger partial charge is 0.468 e. The zero-order valence-corrected chi connectivity index (χ0v) is 13.8. The third kappa shape index (κ3) is 3.35. The first kappa shape index (κ1) is 17.0. The van der Waals surface area contributed by atoms with E-state index in [9.17, 15) is 9.59 Å². The van der Waals surface area contributed by atoms with Gasteiger partial charge in [0.15, 0.2) is 0 Å². The average molecular weight is 314 g/mol. The summed E-state index contributed by atoms with van der Waals surface area (Å²) in [4.78, 5) is 26.0. The maximum absolute atomic E-state index is 12.6. The van der Waals surface area contributed by atoms with Crippen molar-refractivity contribution in [2.75, 3.05) is 20.3 Å². The zero-order chi connectivity index (χ0) is 16.5. The molecular weight excluding hydrogens is 288 g/mol. The highest BCUT2D eigenvalue weighted by Crippen LogP contribution is 2.42. The molecule has 1 amide bonds. The predicted octanol–water partition coefficient (Wildman–Crippen LogP) is 1.05. The van der Waals surface area contributed by atoms with Crippen LogP contribution >= 0.6 is 0 Å². The number of ether oxygens (including phenoxy) is 3. The molecule has 22 heavy (non-hydrogen) atoms. The van der Waals surface area contributed by atoms with E-state index in [2.05, 4.69) is 0 Å². The Morgan fingerprint density at radius 2 is 2.14 bits per heavy atom. The zero-order valence-electron chi connectivity index (χ0n) is 13.8. The number of hydrogen-bond donors (Lipinski definition) is 1. The Bertz CT molecular complexity index is 444.